The van der Waals surface area contributed by atoms with E-state index < -0.39 is 10.1 Å². The molecule has 0 spiro atoms. The Bertz CT molecular complexity index is 823. The van der Waals surface area contributed by atoms with Gasteiger partial charge < -0.3 is 0 Å². The van der Waals surface area contributed by atoms with E-state index in [0.29, 0.717) is 0 Å². The second-order valence-electron chi connectivity index (χ2n) is 5.99. The van der Waals surface area contributed by atoms with Crippen molar-refractivity contribution in [3.63, 3.8) is 0 Å². The van der Waals surface area contributed by atoms with Gasteiger partial charge in [-0.15, -0.1) is 0 Å². The maximum absolute atomic E-state index is 11.4. The van der Waals surface area contributed by atoms with Gasteiger partial charge in [0.1, 0.15) is 0 Å². The highest BCUT2D eigenvalue weighted by molar-refractivity contribution is 7.85. The molecule has 1 N–H and O–H groups in total. The minimum atomic E-state index is -4.21. The smallest absolute Gasteiger partial charge is 0.294 e. The van der Waals surface area contributed by atoms with E-state index in [9.17, 15) is 13.0 Å². The highest BCUT2D eigenvalue weighted by atomic mass is 32.2. The molecule has 2 aromatic carbocycles. The Morgan fingerprint density at radius 1 is 1.00 bits per heavy atom. The van der Waals surface area contributed by atoms with Crippen LogP contribution in [0.2, 0.25) is 0 Å². The molecule has 5 heteroatoms. The van der Waals surface area contributed by atoms with Crippen LogP contribution in [0.15, 0.2) is 65.6 Å². The zero-order valence-corrected chi connectivity index (χ0v) is 14.2. The second kappa shape index (κ2) is 7.30. The lowest BCUT2D eigenvalue weighted by Gasteiger charge is -2.15. The van der Waals surface area contributed by atoms with Gasteiger partial charge in [0.2, 0.25) is 0 Å². The maximum Gasteiger partial charge on any atom is 0.294 e. The Kier molecular flexibility index (Phi) is 5.14. The lowest BCUT2D eigenvalue weighted by molar-refractivity contribution is 0.377. The van der Waals surface area contributed by atoms with Crippen LogP contribution in [-0.2, 0) is 10.1 Å². The Hall–Kier alpha value is -1.95. The van der Waals surface area contributed by atoms with E-state index in [1.54, 1.807) is 6.07 Å². The first-order valence-electron chi connectivity index (χ1n) is 8.10. The predicted molar refractivity (Wildman–Crippen MR) is 95.5 cm³/mol. The van der Waals surface area contributed by atoms with Crippen molar-refractivity contribution in [3.8, 4) is 0 Å². The Labute approximate surface area is 143 Å². The van der Waals surface area contributed by atoms with Gasteiger partial charge in [-0.25, -0.2) is 0 Å². The normalized spacial score (nSPS) is 16.5. The number of benzene rings is 2. The monoisotopic (exact) mass is 343 g/mol. The Morgan fingerprint density at radius 2 is 1.67 bits per heavy atom. The van der Waals surface area contributed by atoms with Gasteiger partial charge in [0.25, 0.3) is 10.1 Å². The molecule has 0 amide bonds. The molecular weight excluding hydrogens is 322 g/mol. The zero-order valence-electron chi connectivity index (χ0n) is 13.4. The van der Waals surface area contributed by atoms with Gasteiger partial charge in [0.05, 0.1) is 4.90 Å². The molecular formula is C19H21NO3S. The topological polar surface area (TPSA) is 57.6 Å². The Morgan fingerprint density at radius 3 is 2.33 bits per heavy atom. The van der Waals surface area contributed by atoms with Crippen molar-refractivity contribution in [2.24, 2.45) is 0 Å². The first-order chi connectivity index (χ1) is 11.5. The summed E-state index contributed by atoms with van der Waals surface area (Å²) >= 11 is 0. The molecule has 2 aromatic rings. The summed E-state index contributed by atoms with van der Waals surface area (Å²) in [5.74, 6) is 0. The van der Waals surface area contributed by atoms with Gasteiger partial charge in [-0.3, -0.25) is 9.45 Å². The third kappa shape index (κ3) is 4.12. The van der Waals surface area contributed by atoms with Gasteiger partial charge in [0, 0.05) is 6.54 Å². The van der Waals surface area contributed by atoms with Crippen molar-refractivity contribution in [2.45, 2.75) is 17.7 Å². The van der Waals surface area contributed by atoms with E-state index in [1.165, 1.54) is 25.0 Å². The van der Waals surface area contributed by atoms with Crippen LogP contribution in [0.1, 0.15) is 24.0 Å². The van der Waals surface area contributed by atoms with Gasteiger partial charge in [-0.05, 0) is 54.8 Å². The van der Waals surface area contributed by atoms with Crippen molar-refractivity contribution in [3.05, 3.63) is 71.8 Å². The molecule has 126 valence electrons. The molecule has 0 unspecified atom stereocenters. The van der Waals surface area contributed by atoms with Crippen LogP contribution >= 0.6 is 0 Å². The minimum Gasteiger partial charge on any atom is -0.300 e. The molecule has 24 heavy (non-hydrogen) atoms. The van der Waals surface area contributed by atoms with Gasteiger partial charge >= 0.3 is 0 Å². The number of likely N-dealkylation sites (tertiary alicyclic amines) is 1. The average Bonchev–Trinajstić information content (AvgIpc) is 3.09. The lowest BCUT2D eigenvalue weighted by atomic mass is 9.97. The van der Waals surface area contributed by atoms with Gasteiger partial charge in [0.15, 0.2) is 0 Å². The summed E-state index contributed by atoms with van der Waals surface area (Å²) < 4.78 is 32.2. The van der Waals surface area contributed by atoms with Gasteiger partial charge in [-0.2, -0.15) is 8.42 Å². The summed E-state index contributed by atoms with van der Waals surface area (Å²) in [6, 6.07) is 16.4. The van der Waals surface area contributed by atoms with Crippen LogP contribution in [0.25, 0.3) is 5.57 Å². The van der Waals surface area contributed by atoms with Crippen LogP contribution in [0.3, 0.4) is 0 Å². The SMILES string of the molecule is O=S(=O)(O)c1cccc(C(=CCN2CCCC2)c2ccccc2)c1. The third-order valence-electron chi connectivity index (χ3n) is 4.28. The summed E-state index contributed by atoms with van der Waals surface area (Å²) in [6.45, 7) is 3.04. The van der Waals surface area contributed by atoms with Crippen LogP contribution in [0.5, 0.6) is 0 Å². The van der Waals surface area contributed by atoms with Crippen molar-refractivity contribution >= 4 is 15.7 Å². The van der Waals surface area contributed by atoms with E-state index in [0.717, 1.165) is 36.3 Å². The van der Waals surface area contributed by atoms with Crippen LogP contribution in [-0.4, -0.2) is 37.5 Å². The molecule has 1 heterocycles. The number of rotatable bonds is 5. The summed E-state index contributed by atoms with van der Waals surface area (Å²) in [4.78, 5) is 2.30. The average molecular weight is 343 g/mol. The number of nitrogens with zero attached hydrogens (tertiary/aromatic N) is 1. The summed E-state index contributed by atoms with van der Waals surface area (Å²) in [7, 11) is -4.21. The molecule has 3 rings (SSSR count). The van der Waals surface area contributed by atoms with Gasteiger partial charge in [-0.1, -0.05) is 48.5 Å². The highest BCUT2D eigenvalue weighted by Gasteiger charge is 2.14. The predicted octanol–water partition coefficient (Wildman–Crippen LogP) is 3.46. The molecule has 1 aliphatic rings. The molecule has 0 aliphatic carbocycles. The fourth-order valence-electron chi connectivity index (χ4n) is 3.03. The zero-order chi connectivity index (χ0) is 17.0. The Balaban J connectivity index is 2.00. The first-order valence-corrected chi connectivity index (χ1v) is 9.54. The molecule has 0 aromatic heterocycles. The van der Waals surface area contributed by atoms with Crippen molar-refractivity contribution in [1.82, 2.24) is 4.90 Å². The summed E-state index contributed by atoms with van der Waals surface area (Å²) in [6.07, 6.45) is 4.60. The largest absolute Gasteiger partial charge is 0.300 e. The number of hydrogen-bond acceptors (Lipinski definition) is 3. The summed E-state index contributed by atoms with van der Waals surface area (Å²) in [5, 5.41) is 0. The summed E-state index contributed by atoms with van der Waals surface area (Å²) in [5.41, 5.74) is 2.80. The quantitative estimate of drug-likeness (QED) is 0.845. The van der Waals surface area contributed by atoms with E-state index >= 15 is 0 Å². The fraction of sp³-hybridized carbons (Fsp3) is 0.263. The maximum atomic E-state index is 11.4. The van der Waals surface area contributed by atoms with Crippen molar-refractivity contribution < 1.29 is 13.0 Å². The fourth-order valence-corrected chi connectivity index (χ4v) is 3.56. The molecule has 1 fully saturated rings. The van der Waals surface area contributed by atoms with Crippen LogP contribution < -0.4 is 0 Å². The molecule has 0 radical (unpaired) electrons. The lowest BCUT2D eigenvalue weighted by Crippen LogP contribution is -2.19. The van der Waals surface area contributed by atoms with E-state index in [-0.39, 0.29) is 4.90 Å². The third-order valence-corrected chi connectivity index (χ3v) is 5.13. The highest BCUT2D eigenvalue weighted by Crippen LogP contribution is 2.25. The molecule has 0 saturated carbocycles. The first kappa shape index (κ1) is 16.9. The molecule has 0 atom stereocenters. The molecule has 1 saturated heterocycles. The molecule has 1 aliphatic heterocycles. The van der Waals surface area contributed by atoms with Crippen LogP contribution in [0, 0.1) is 0 Å². The molecule has 0 bridgehead atoms. The van der Waals surface area contributed by atoms with Crippen molar-refractivity contribution in [1.29, 1.82) is 0 Å². The standard InChI is InChI=1S/C19H21NO3S/c21-24(22,23)18-10-6-9-17(15-18)19(16-7-2-1-3-8-16)11-14-20-12-4-5-13-20/h1-3,6-11,15H,4-5,12-14H2,(H,21,22,23). The molecule has 4 nitrogen and oxygen atoms in total. The minimum absolute atomic E-state index is 0.0806. The number of hydrogen-bond donors (Lipinski definition) is 1. The van der Waals surface area contributed by atoms with Crippen molar-refractivity contribution in [2.75, 3.05) is 19.6 Å². The van der Waals surface area contributed by atoms with Crippen LogP contribution in [0.4, 0.5) is 0 Å². The second-order valence-corrected chi connectivity index (χ2v) is 7.42. The van der Waals surface area contributed by atoms with E-state index in [2.05, 4.69) is 11.0 Å². The van der Waals surface area contributed by atoms with E-state index in [1.807, 2.05) is 36.4 Å². The van der Waals surface area contributed by atoms with E-state index in [4.69, 9.17) is 0 Å².